The molecule has 1 aromatic heterocycles. The second-order valence-corrected chi connectivity index (χ2v) is 5.56. The molecule has 120 valence electrons. The van der Waals surface area contributed by atoms with E-state index in [9.17, 15) is 0 Å². The van der Waals surface area contributed by atoms with Crippen LogP contribution in [-0.2, 0) is 13.0 Å². The summed E-state index contributed by atoms with van der Waals surface area (Å²) in [7, 11) is 0. The average Bonchev–Trinajstić information content (AvgIpc) is 2.93. The van der Waals surface area contributed by atoms with Crippen molar-refractivity contribution in [3.63, 3.8) is 0 Å². The molecule has 0 aliphatic carbocycles. The number of nitrogens with two attached hydrogens (primary N) is 1. The molecule has 2 N–H and O–H groups in total. The molecule has 0 radical (unpaired) electrons. The third-order valence-corrected chi connectivity index (χ3v) is 4.01. The molecule has 0 spiro atoms. The Labute approximate surface area is 136 Å². The lowest BCUT2D eigenvalue weighted by atomic mass is 10.1. The molecule has 23 heavy (non-hydrogen) atoms. The summed E-state index contributed by atoms with van der Waals surface area (Å²) in [4.78, 5) is 0. The van der Waals surface area contributed by atoms with Gasteiger partial charge in [-0.3, -0.25) is 0 Å². The molecule has 2 aromatic carbocycles. The van der Waals surface area contributed by atoms with Gasteiger partial charge in [0.15, 0.2) is 0 Å². The van der Waals surface area contributed by atoms with E-state index in [0.717, 1.165) is 35.4 Å². The van der Waals surface area contributed by atoms with Gasteiger partial charge in [-0.05, 0) is 37.8 Å². The maximum Gasteiger partial charge on any atom is 0.127 e. The number of benzene rings is 2. The number of aromatic nitrogens is 3. The number of nitrogens with zero attached hydrogens (tertiary/aromatic N) is 3. The number of aryl methyl sites for hydroxylation is 1. The van der Waals surface area contributed by atoms with E-state index >= 15 is 0 Å². The Bertz CT molecular complexity index is 776. The maximum atomic E-state index is 5.96. The van der Waals surface area contributed by atoms with Crippen molar-refractivity contribution in [1.82, 2.24) is 15.0 Å². The van der Waals surface area contributed by atoms with Crippen LogP contribution in [0.3, 0.4) is 0 Å². The molecule has 3 aromatic rings. The smallest absolute Gasteiger partial charge is 0.127 e. The summed E-state index contributed by atoms with van der Waals surface area (Å²) in [6.45, 7) is 3.97. The molecular weight excluding hydrogens is 288 g/mol. The van der Waals surface area contributed by atoms with Crippen molar-refractivity contribution < 1.29 is 4.74 Å². The highest BCUT2D eigenvalue weighted by atomic mass is 16.5. The minimum atomic E-state index is 0.564. The Morgan fingerprint density at radius 1 is 1.13 bits per heavy atom. The first-order valence-corrected chi connectivity index (χ1v) is 7.99. The molecule has 0 amide bonds. The first kappa shape index (κ1) is 15.5. The summed E-state index contributed by atoms with van der Waals surface area (Å²) < 4.78 is 7.86. The Kier molecular flexibility index (Phi) is 4.88. The maximum absolute atomic E-state index is 5.96. The van der Waals surface area contributed by atoms with Gasteiger partial charge >= 0.3 is 0 Å². The first-order valence-electron chi connectivity index (χ1n) is 7.99. The number of hydrogen-bond donors (Lipinski definition) is 1. The van der Waals surface area contributed by atoms with Gasteiger partial charge in [-0.15, -0.1) is 5.10 Å². The monoisotopic (exact) mass is 310 g/mol. The Balaban J connectivity index is 1.64. The third kappa shape index (κ3) is 3.51. The lowest BCUT2D eigenvalue weighted by Crippen LogP contribution is -2.11. The molecule has 0 saturated heterocycles. The van der Waals surface area contributed by atoms with E-state index in [0.29, 0.717) is 19.7 Å². The highest BCUT2D eigenvalue weighted by Crippen LogP contribution is 2.25. The van der Waals surface area contributed by atoms with Crippen molar-refractivity contribution in [2.24, 2.45) is 5.73 Å². The van der Waals surface area contributed by atoms with Crippen LogP contribution in [0.1, 0.15) is 17.8 Å². The fourth-order valence-electron chi connectivity index (χ4n) is 2.67. The third-order valence-electron chi connectivity index (χ3n) is 4.01. The van der Waals surface area contributed by atoms with Crippen LogP contribution in [0.2, 0.25) is 0 Å². The van der Waals surface area contributed by atoms with Gasteiger partial charge in [0.1, 0.15) is 12.4 Å². The molecule has 0 aliphatic rings. The highest BCUT2D eigenvalue weighted by Gasteiger charge is 2.08. The topological polar surface area (TPSA) is 66.0 Å². The molecule has 0 aliphatic heterocycles. The zero-order valence-corrected chi connectivity index (χ0v) is 13.4. The van der Waals surface area contributed by atoms with E-state index < -0.39 is 0 Å². The van der Waals surface area contributed by atoms with Crippen molar-refractivity contribution in [2.75, 3.05) is 13.2 Å². The summed E-state index contributed by atoms with van der Waals surface area (Å²) >= 11 is 0. The zero-order chi connectivity index (χ0) is 16.1. The average molecular weight is 310 g/mol. The van der Waals surface area contributed by atoms with Crippen LogP contribution in [0, 0.1) is 6.92 Å². The molecule has 1 heterocycles. The number of ether oxygens (including phenoxy) is 1. The molecule has 5 nitrogen and oxygen atoms in total. The van der Waals surface area contributed by atoms with Crippen molar-refractivity contribution in [1.29, 1.82) is 0 Å². The molecule has 0 atom stereocenters. The largest absolute Gasteiger partial charge is 0.491 e. The van der Waals surface area contributed by atoms with E-state index in [1.807, 2.05) is 35.9 Å². The standard InChI is InChI=1S/C18H22N4O/c1-14-17(9-5-11-19)20-21-22(14)12-13-23-18-10-4-7-15-6-2-3-8-16(15)18/h2-4,6-8,10H,5,9,11-13,19H2,1H3. The molecule has 0 unspecified atom stereocenters. The van der Waals surface area contributed by atoms with Crippen LogP contribution in [0.15, 0.2) is 42.5 Å². The van der Waals surface area contributed by atoms with Gasteiger partial charge in [0.05, 0.1) is 17.9 Å². The van der Waals surface area contributed by atoms with Gasteiger partial charge in [-0.2, -0.15) is 0 Å². The second-order valence-electron chi connectivity index (χ2n) is 5.56. The minimum Gasteiger partial charge on any atom is -0.491 e. The molecule has 0 saturated carbocycles. The second kappa shape index (κ2) is 7.24. The van der Waals surface area contributed by atoms with E-state index in [1.54, 1.807) is 0 Å². The molecular formula is C18H22N4O. The SMILES string of the molecule is Cc1c(CCCN)nnn1CCOc1cccc2ccccc12. The van der Waals surface area contributed by atoms with Crippen molar-refractivity contribution >= 4 is 10.8 Å². The van der Waals surface area contributed by atoms with Gasteiger partial charge in [0.2, 0.25) is 0 Å². The summed E-state index contributed by atoms with van der Waals surface area (Å²) in [6.07, 6.45) is 1.82. The fourth-order valence-corrected chi connectivity index (χ4v) is 2.67. The summed E-state index contributed by atoms with van der Waals surface area (Å²) in [5.74, 6) is 0.907. The zero-order valence-electron chi connectivity index (χ0n) is 13.4. The molecule has 3 rings (SSSR count). The molecule has 0 fully saturated rings. The van der Waals surface area contributed by atoms with Crippen LogP contribution in [0.5, 0.6) is 5.75 Å². The number of fused-ring (bicyclic) bond motifs is 1. The fraction of sp³-hybridized carbons (Fsp3) is 0.333. The Hall–Kier alpha value is -2.40. The number of hydrogen-bond acceptors (Lipinski definition) is 4. The molecule has 0 bridgehead atoms. The van der Waals surface area contributed by atoms with E-state index in [2.05, 4.69) is 28.5 Å². The van der Waals surface area contributed by atoms with E-state index in [1.165, 1.54) is 5.39 Å². The van der Waals surface area contributed by atoms with Gasteiger partial charge in [0.25, 0.3) is 0 Å². The highest BCUT2D eigenvalue weighted by molar-refractivity contribution is 5.88. The quantitative estimate of drug-likeness (QED) is 0.728. The van der Waals surface area contributed by atoms with Gasteiger partial charge < -0.3 is 10.5 Å². The summed E-state index contributed by atoms with van der Waals surface area (Å²) in [5.41, 5.74) is 7.67. The minimum absolute atomic E-state index is 0.564. The Morgan fingerprint density at radius 3 is 2.83 bits per heavy atom. The van der Waals surface area contributed by atoms with Crippen LogP contribution in [0.25, 0.3) is 10.8 Å². The van der Waals surface area contributed by atoms with Crippen LogP contribution in [0.4, 0.5) is 0 Å². The van der Waals surface area contributed by atoms with E-state index in [-0.39, 0.29) is 0 Å². The predicted molar refractivity (Wildman–Crippen MR) is 91.6 cm³/mol. The summed E-state index contributed by atoms with van der Waals surface area (Å²) in [5, 5.41) is 10.8. The first-order chi connectivity index (χ1) is 11.3. The predicted octanol–water partition coefficient (Wildman–Crippen LogP) is 2.71. The van der Waals surface area contributed by atoms with E-state index in [4.69, 9.17) is 10.5 Å². The summed E-state index contributed by atoms with van der Waals surface area (Å²) in [6, 6.07) is 14.3. The normalized spacial score (nSPS) is 11.0. The van der Waals surface area contributed by atoms with Gasteiger partial charge in [0, 0.05) is 5.39 Å². The van der Waals surface area contributed by atoms with Crippen molar-refractivity contribution in [2.45, 2.75) is 26.3 Å². The van der Waals surface area contributed by atoms with Crippen LogP contribution in [-0.4, -0.2) is 28.1 Å². The van der Waals surface area contributed by atoms with Crippen molar-refractivity contribution in [3.8, 4) is 5.75 Å². The molecule has 5 heteroatoms. The van der Waals surface area contributed by atoms with Gasteiger partial charge in [-0.25, -0.2) is 4.68 Å². The lowest BCUT2D eigenvalue weighted by Gasteiger charge is -2.10. The number of rotatable bonds is 7. The van der Waals surface area contributed by atoms with Crippen molar-refractivity contribution in [3.05, 3.63) is 53.9 Å². The Morgan fingerprint density at radius 2 is 1.96 bits per heavy atom. The lowest BCUT2D eigenvalue weighted by molar-refractivity contribution is 0.291. The van der Waals surface area contributed by atoms with Gasteiger partial charge in [-0.1, -0.05) is 41.6 Å². The van der Waals surface area contributed by atoms with Crippen LogP contribution >= 0.6 is 0 Å². The van der Waals surface area contributed by atoms with Crippen LogP contribution < -0.4 is 10.5 Å².